The molecular weight excluding hydrogens is 328 g/mol. The summed E-state index contributed by atoms with van der Waals surface area (Å²) in [5.74, 6) is 5.41. The van der Waals surface area contributed by atoms with E-state index in [2.05, 4.69) is 39.0 Å². The minimum atomic E-state index is -0.209. The molecule has 0 atom stereocenters. The Morgan fingerprint density at radius 2 is 1.77 bits per heavy atom. The maximum absolute atomic E-state index is 12.2. The molecule has 0 saturated heterocycles. The Kier molecular flexibility index (Phi) is 7.07. The van der Waals surface area contributed by atoms with Crippen LogP contribution in [0.3, 0.4) is 0 Å². The number of hydrogen-bond donors (Lipinski definition) is 2. The second-order valence-electron chi connectivity index (χ2n) is 5.54. The van der Waals surface area contributed by atoms with E-state index in [9.17, 15) is 9.59 Å². The van der Waals surface area contributed by atoms with Crippen LogP contribution in [0.1, 0.15) is 35.1 Å². The summed E-state index contributed by atoms with van der Waals surface area (Å²) in [5.41, 5.74) is 2.08. The molecule has 2 aromatic heterocycles. The van der Waals surface area contributed by atoms with Crippen LogP contribution in [0.4, 0.5) is 0 Å². The second-order valence-corrected chi connectivity index (χ2v) is 5.54. The predicted molar refractivity (Wildman–Crippen MR) is 99.2 cm³/mol. The van der Waals surface area contributed by atoms with Gasteiger partial charge in [-0.2, -0.15) is 0 Å². The van der Waals surface area contributed by atoms with E-state index in [0.717, 1.165) is 0 Å². The van der Waals surface area contributed by atoms with E-state index in [1.165, 1.54) is 0 Å². The summed E-state index contributed by atoms with van der Waals surface area (Å²) in [7, 11) is 0. The molecular formula is C20H20N4O2. The predicted octanol–water partition coefficient (Wildman–Crippen LogP) is 1.69. The van der Waals surface area contributed by atoms with Crippen molar-refractivity contribution in [1.82, 2.24) is 20.6 Å². The summed E-state index contributed by atoms with van der Waals surface area (Å²) >= 11 is 0. The highest BCUT2D eigenvalue weighted by atomic mass is 16.2. The summed E-state index contributed by atoms with van der Waals surface area (Å²) in [6, 6.07) is 8.74. The quantitative estimate of drug-likeness (QED) is 0.473. The van der Waals surface area contributed by atoms with Crippen molar-refractivity contribution in [2.75, 3.05) is 13.1 Å². The van der Waals surface area contributed by atoms with Crippen LogP contribution in [0.5, 0.6) is 0 Å². The molecule has 0 fully saturated rings. The van der Waals surface area contributed by atoms with Gasteiger partial charge in [-0.15, -0.1) is 0 Å². The van der Waals surface area contributed by atoms with Crippen molar-refractivity contribution in [2.24, 2.45) is 0 Å². The first-order valence-corrected chi connectivity index (χ1v) is 8.17. The monoisotopic (exact) mass is 348 g/mol. The third kappa shape index (κ3) is 6.21. The summed E-state index contributed by atoms with van der Waals surface area (Å²) in [6.45, 7) is 6.14. The zero-order chi connectivity index (χ0) is 18.8. The molecule has 0 spiro atoms. The lowest BCUT2D eigenvalue weighted by Gasteiger charge is -2.07. The highest BCUT2D eigenvalue weighted by Crippen LogP contribution is 2.01. The summed E-state index contributed by atoms with van der Waals surface area (Å²) in [4.78, 5) is 31.8. The van der Waals surface area contributed by atoms with Crippen molar-refractivity contribution in [3.8, 4) is 11.8 Å². The van der Waals surface area contributed by atoms with Gasteiger partial charge in [0.05, 0.1) is 0 Å². The number of hydrogen-bond acceptors (Lipinski definition) is 4. The zero-order valence-electron chi connectivity index (χ0n) is 14.6. The standard InChI is InChI=1S/C20H20N4O2/c1-15(2)19(25)23-11-5-12-24-20(26)16-9-13-22-18(14-16)8-7-17-6-3-4-10-21-17/h3-4,6,9-10,13-14H,1,5,11-12H2,2H3,(H,23,25)(H,24,26). The number of aromatic nitrogens is 2. The van der Waals surface area contributed by atoms with Crippen LogP contribution in [-0.2, 0) is 4.79 Å². The first-order chi connectivity index (χ1) is 12.6. The molecule has 0 aromatic carbocycles. The van der Waals surface area contributed by atoms with Crippen LogP contribution in [0.2, 0.25) is 0 Å². The van der Waals surface area contributed by atoms with E-state index in [1.54, 1.807) is 37.5 Å². The van der Waals surface area contributed by atoms with E-state index >= 15 is 0 Å². The fourth-order valence-corrected chi connectivity index (χ4v) is 1.95. The van der Waals surface area contributed by atoms with Gasteiger partial charge in [-0.05, 0) is 49.5 Å². The molecule has 0 bridgehead atoms. The van der Waals surface area contributed by atoms with Gasteiger partial charge in [0.2, 0.25) is 5.91 Å². The Labute approximate surface area is 152 Å². The Hall–Kier alpha value is -3.46. The highest BCUT2D eigenvalue weighted by Gasteiger charge is 2.06. The molecule has 0 saturated carbocycles. The number of amides is 2. The number of carbonyl (C=O) groups excluding carboxylic acids is 2. The summed E-state index contributed by atoms with van der Waals surface area (Å²) in [5, 5.41) is 5.52. The highest BCUT2D eigenvalue weighted by molar-refractivity contribution is 5.94. The second kappa shape index (κ2) is 9.74. The number of nitrogens with one attached hydrogen (secondary N) is 2. The largest absolute Gasteiger partial charge is 0.352 e. The van der Waals surface area contributed by atoms with Gasteiger partial charge in [0.15, 0.2) is 0 Å². The fourth-order valence-electron chi connectivity index (χ4n) is 1.95. The van der Waals surface area contributed by atoms with E-state index in [1.807, 2.05) is 12.1 Å². The fraction of sp³-hybridized carbons (Fsp3) is 0.200. The van der Waals surface area contributed by atoms with Crippen LogP contribution >= 0.6 is 0 Å². The molecule has 2 rings (SSSR count). The third-order valence-electron chi connectivity index (χ3n) is 3.32. The van der Waals surface area contributed by atoms with Gasteiger partial charge in [0.25, 0.3) is 5.91 Å². The van der Waals surface area contributed by atoms with Crippen LogP contribution < -0.4 is 10.6 Å². The van der Waals surface area contributed by atoms with E-state index < -0.39 is 0 Å². The Balaban J connectivity index is 1.85. The normalized spacial score (nSPS) is 9.58. The van der Waals surface area contributed by atoms with Crippen molar-refractivity contribution in [3.05, 3.63) is 71.8 Å². The molecule has 26 heavy (non-hydrogen) atoms. The molecule has 0 radical (unpaired) electrons. The van der Waals surface area contributed by atoms with Crippen molar-refractivity contribution >= 4 is 11.8 Å². The van der Waals surface area contributed by atoms with Gasteiger partial charge in [-0.25, -0.2) is 9.97 Å². The molecule has 132 valence electrons. The topological polar surface area (TPSA) is 84.0 Å². The average molecular weight is 348 g/mol. The number of pyridine rings is 2. The Morgan fingerprint density at radius 1 is 1.04 bits per heavy atom. The molecule has 0 aliphatic rings. The van der Waals surface area contributed by atoms with Crippen molar-refractivity contribution in [3.63, 3.8) is 0 Å². The summed E-state index contributed by atoms with van der Waals surface area (Å²) < 4.78 is 0. The Morgan fingerprint density at radius 3 is 2.50 bits per heavy atom. The molecule has 0 aliphatic heterocycles. The van der Waals surface area contributed by atoms with E-state index in [-0.39, 0.29) is 11.8 Å². The van der Waals surface area contributed by atoms with Gasteiger partial charge in [-0.1, -0.05) is 12.6 Å². The van der Waals surface area contributed by atoms with Crippen molar-refractivity contribution in [1.29, 1.82) is 0 Å². The first kappa shape index (κ1) is 18.9. The minimum Gasteiger partial charge on any atom is -0.352 e. The van der Waals surface area contributed by atoms with Crippen LogP contribution in [0.15, 0.2) is 54.9 Å². The lowest BCUT2D eigenvalue weighted by Crippen LogP contribution is -2.30. The number of nitrogens with zero attached hydrogens (tertiary/aromatic N) is 2. The number of rotatable bonds is 6. The zero-order valence-corrected chi connectivity index (χ0v) is 14.6. The molecule has 2 N–H and O–H groups in total. The van der Waals surface area contributed by atoms with Gasteiger partial charge >= 0.3 is 0 Å². The molecule has 2 heterocycles. The van der Waals surface area contributed by atoms with Crippen molar-refractivity contribution < 1.29 is 9.59 Å². The molecule has 6 heteroatoms. The molecule has 0 aliphatic carbocycles. The van der Waals surface area contributed by atoms with Gasteiger partial charge in [-0.3, -0.25) is 9.59 Å². The smallest absolute Gasteiger partial charge is 0.251 e. The molecule has 2 aromatic rings. The van der Waals surface area contributed by atoms with Crippen LogP contribution in [-0.4, -0.2) is 34.9 Å². The van der Waals surface area contributed by atoms with Crippen LogP contribution in [0, 0.1) is 11.8 Å². The minimum absolute atomic E-state index is 0.179. The third-order valence-corrected chi connectivity index (χ3v) is 3.32. The average Bonchev–Trinajstić information content (AvgIpc) is 2.66. The summed E-state index contributed by atoms with van der Waals surface area (Å²) in [6.07, 6.45) is 3.84. The molecule has 6 nitrogen and oxygen atoms in total. The van der Waals surface area contributed by atoms with Gasteiger partial charge in [0, 0.05) is 36.6 Å². The maximum Gasteiger partial charge on any atom is 0.251 e. The van der Waals surface area contributed by atoms with Gasteiger partial charge in [0.1, 0.15) is 11.4 Å². The van der Waals surface area contributed by atoms with E-state index in [4.69, 9.17) is 0 Å². The maximum atomic E-state index is 12.2. The first-order valence-electron chi connectivity index (χ1n) is 8.17. The SMILES string of the molecule is C=C(C)C(=O)NCCCNC(=O)c1ccnc(C#Cc2ccccn2)c1. The molecule has 2 amide bonds. The lowest BCUT2D eigenvalue weighted by molar-refractivity contribution is -0.117. The van der Waals surface area contributed by atoms with Crippen molar-refractivity contribution in [2.45, 2.75) is 13.3 Å². The molecule has 0 unspecified atom stereocenters. The Bertz CT molecular complexity index is 851. The number of carbonyl (C=O) groups is 2. The van der Waals surface area contributed by atoms with E-state index in [0.29, 0.717) is 42.0 Å². The van der Waals surface area contributed by atoms with Gasteiger partial charge < -0.3 is 10.6 Å². The lowest BCUT2D eigenvalue weighted by atomic mass is 10.2. The van der Waals surface area contributed by atoms with Crippen LogP contribution in [0.25, 0.3) is 0 Å².